The number of nitrogens with zero attached hydrogens (tertiary/aromatic N) is 3. The lowest BCUT2D eigenvalue weighted by Crippen LogP contribution is -2.16. The maximum absolute atomic E-state index is 11.5. The Morgan fingerprint density at radius 1 is 1.41 bits per heavy atom. The van der Waals surface area contributed by atoms with Crippen LogP contribution in [0.15, 0.2) is 6.20 Å². The average Bonchev–Trinajstić information content (AvgIpc) is 2.72. The Kier molecular flexibility index (Phi) is 5.57. The fraction of sp³-hybridized carbons (Fsp3) is 0.800. The van der Waals surface area contributed by atoms with Gasteiger partial charge in [0.05, 0.1) is 18.0 Å². The second kappa shape index (κ2) is 6.70. The van der Waals surface area contributed by atoms with E-state index < -0.39 is 9.84 Å². The van der Waals surface area contributed by atoms with Gasteiger partial charge in [0.1, 0.15) is 0 Å². The van der Waals surface area contributed by atoms with Gasteiger partial charge >= 0.3 is 0 Å². The SMILES string of the molecule is CCCS(=O)(=O)CCn1cc(CCCN)nn1. The smallest absolute Gasteiger partial charge is 0.152 e. The molecule has 0 fully saturated rings. The van der Waals surface area contributed by atoms with Gasteiger partial charge in [-0.05, 0) is 25.8 Å². The fourth-order valence-electron chi connectivity index (χ4n) is 1.49. The summed E-state index contributed by atoms with van der Waals surface area (Å²) in [5, 5.41) is 7.86. The van der Waals surface area contributed by atoms with E-state index in [1.165, 1.54) is 0 Å². The van der Waals surface area contributed by atoms with Gasteiger partial charge in [-0.1, -0.05) is 12.1 Å². The molecule has 1 rings (SSSR count). The first-order valence-corrected chi connectivity index (χ1v) is 7.69. The number of hydrogen-bond acceptors (Lipinski definition) is 5. The van der Waals surface area contributed by atoms with Gasteiger partial charge in [-0.25, -0.2) is 8.42 Å². The van der Waals surface area contributed by atoms with Crippen molar-refractivity contribution in [3.8, 4) is 0 Å². The van der Waals surface area contributed by atoms with Crippen LogP contribution < -0.4 is 5.73 Å². The van der Waals surface area contributed by atoms with E-state index in [9.17, 15) is 8.42 Å². The molecule has 1 aromatic rings. The van der Waals surface area contributed by atoms with Crippen LogP contribution in [-0.2, 0) is 22.8 Å². The van der Waals surface area contributed by atoms with Crippen molar-refractivity contribution >= 4 is 9.84 Å². The van der Waals surface area contributed by atoms with Crippen LogP contribution in [0.1, 0.15) is 25.5 Å². The van der Waals surface area contributed by atoms with Crippen LogP contribution in [0.2, 0.25) is 0 Å². The lowest BCUT2D eigenvalue weighted by molar-refractivity contribution is 0.574. The summed E-state index contributed by atoms with van der Waals surface area (Å²) < 4.78 is 24.6. The van der Waals surface area contributed by atoms with E-state index in [1.54, 1.807) is 10.9 Å². The zero-order valence-electron chi connectivity index (χ0n) is 10.2. The van der Waals surface area contributed by atoms with Crippen LogP contribution in [-0.4, -0.2) is 41.5 Å². The van der Waals surface area contributed by atoms with E-state index in [4.69, 9.17) is 5.73 Å². The highest BCUT2D eigenvalue weighted by atomic mass is 32.2. The van der Waals surface area contributed by atoms with Gasteiger partial charge in [0.2, 0.25) is 0 Å². The van der Waals surface area contributed by atoms with Crippen molar-refractivity contribution in [2.45, 2.75) is 32.7 Å². The summed E-state index contributed by atoms with van der Waals surface area (Å²) in [6, 6.07) is 0. The quantitative estimate of drug-likeness (QED) is 0.710. The van der Waals surface area contributed by atoms with Crippen molar-refractivity contribution in [2.24, 2.45) is 5.73 Å². The number of rotatable bonds is 8. The Labute approximate surface area is 102 Å². The van der Waals surface area contributed by atoms with Crippen LogP contribution in [0.25, 0.3) is 0 Å². The van der Waals surface area contributed by atoms with Crippen LogP contribution in [0.5, 0.6) is 0 Å². The summed E-state index contributed by atoms with van der Waals surface area (Å²) in [5.74, 6) is 0.363. The molecule has 0 spiro atoms. The van der Waals surface area contributed by atoms with Gasteiger partial charge < -0.3 is 5.73 Å². The Hall–Kier alpha value is -0.950. The summed E-state index contributed by atoms with van der Waals surface area (Å²) in [5.41, 5.74) is 6.26. The first-order chi connectivity index (χ1) is 8.07. The zero-order chi connectivity index (χ0) is 12.7. The Balaban J connectivity index is 2.44. The molecular formula is C10H20N4O2S. The van der Waals surface area contributed by atoms with Crippen molar-refractivity contribution in [2.75, 3.05) is 18.1 Å². The topological polar surface area (TPSA) is 90.9 Å². The second-order valence-electron chi connectivity index (χ2n) is 4.02. The molecule has 0 amide bonds. The molecular weight excluding hydrogens is 240 g/mol. The van der Waals surface area contributed by atoms with Gasteiger partial charge in [0.15, 0.2) is 9.84 Å². The molecule has 98 valence electrons. The number of aromatic nitrogens is 3. The lowest BCUT2D eigenvalue weighted by atomic mass is 10.2. The molecule has 0 unspecified atom stereocenters. The molecule has 0 aliphatic heterocycles. The molecule has 0 aliphatic rings. The van der Waals surface area contributed by atoms with E-state index in [2.05, 4.69) is 10.3 Å². The first-order valence-electron chi connectivity index (χ1n) is 5.87. The van der Waals surface area contributed by atoms with Gasteiger partial charge in [-0.15, -0.1) is 5.10 Å². The van der Waals surface area contributed by atoms with E-state index in [-0.39, 0.29) is 11.5 Å². The molecule has 0 saturated carbocycles. The highest BCUT2D eigenvalue weighted by Crippen LogP contribution is 1.99. The van der Waals surface area contributed by atoms with Crippen molar-refractivity contribution in [3.63, 3.8) is 0 Å². The highest BCUT2D eigenvalue weighted by Gasteiger charge is 2.10. The zero-order valence-corrected chi connectivity index (χ0v) is 11.0. The average molecular weight is 260 g/mol. The van der Waals surface area contributed by atoms with E-state index in [1.807, 2.05) is 6.92 Å². The number of nitrogens with two attached hydrogens (primary N) is 1. The minimum absolute atomic E-state index is 0.126. The monoisotopic (exact) mass is 260 g/mol. The molecule has 0 saturated heterocycles. The van der Waals surface area contributed by atoms with E-state index in [0.29, 0.717) is 19.5 Å². The molecule has 0 atom stereocenters. The summed E-state index contributed by atoms with van der Waals surface area (Å²) >= 11 is 0. The molecule has 1 heterocycles. The van der Waals surface area contributed by atoms with Crippen LogP contribution in [0.4, 0.5) is 0 Å². The third kappa shape index (κ3) is 5.27. The number of hydrogen-bond donors (Lipinski definition) is 1. The molecule has 2 N–H and O–H groups in total. The summed E-state index contributed by atoms with van der Waals surface area (Å²) in [6.45, 7) is 2.85. The third-order valence-corrected chi connectivity index (χ3v) is 4.20. The molecule has 17 heavy (non-hydrogen) atoms. The van der Waals surface area contributed by atoms with Gasteiger partial charge in [0.25, 0.3) is 0 Å². The Morgan fingerprint density at radius 3 is 2.82 bits per heavy atom. The van der Waals surface area contributed by atoms with Crippen molar-refractivity contribution in [3.05, 3.63) is 11.9 Å². The Bertz CT molecular complexity index is 427. The maximum Gasteiger partial charge on any atom is 0.152 e. The molecule has 0 radical (unpaired) electrons. The van der Waals surface area contributed by atoms with Gasteiger partial charge in [-0.2, -0.15) is 0 Å². The number of aryl methyl sites for hydroxylation is 2. The summed E-state index contributed by atoms with van der Waals surface area (Å²) in [6.07, 6.45) is 4.10. The predicted octanol–water partition coefficient (Wildman–Crippen LogP) is -0.00580. The van der Waals surface area contributed by atoms with Crippen molar-refractivity contribution < 1.29 is 8.42 Å². The van der Waals surface area contributed by atoms with Crippen LogP contribution >= 0.6 is 0 Å². The summed E-state index contributed by atoms with van der Waals surface area (Å²) in [4.78, 5) is 0. The largest absolute Gasteiger partial charge is 0.330 e. The minimum Gasteiger partial charge on any atom is -0.330 e. The molecule has 0 aliphatic carbocycles. The molecule has 7 heteroatoms. The summed E-state index contributed by atoms with van der Waals surface area (Å²) in [7, 11) is -2.95. The molecule has 6 nitrogen and oxygen atoms in total. The van der Waals surface area contributed by atoms with Crippen molar-refractivity contribution in [1.82, 2.24) is 15.0 Å². The first kappa shape index (κ1) is 14.1. The van der Waals surface area contributed by atoms with Gasteiger partial charge in [-0.3, -0.25) is 4.68 Å². The molecule has 0 aromatic carbocycles. The van der Waals surface area contributed by atoms with Gasteiger partial charge in [0, 0.05) is 11.9 Å². The van der Waals surface area contributed by atoms with Crippen molar-refractivity contribution in [1.29, 1.82) is 0 Å². The maximum atomic E-state index is 11.5. The molecule has 1 aromatic heterocycles. The Morgan fingerprint density at radius 2 is 2.18 bits per heavy atom. The fourth-order valence-corrected chi connectivity index (χ4v) is 2.78. The van der Waals surface area contributed by atoms with E-state index in [0.717, 1.165) is 18.5 Å². The van der Waals surface area contributed by atoms with Crippen LogP contribution in [0.3, 0.4) is 0 Å². The molecule has 0 bridgehead atoms. The van der Waals surface area contributed by atoms with E-state index >= 15 is 0 Å². The minimum atomic E-state index is -2.95. The highest BCUT2D eigenvalue weighted by molar-refractivity contribution is 7.91. The third-order valence-electron chi connectivity index (χ3n) is 2.37. The normalized spacial score (nSPS) is 11.9. The number of sulfone groups is 1. The second-order valence-corrected chi connectivity index (χ2v) is 6.32. The predicted molar refractivity (Wildman–Crippen MR) is 66.3 cm³/mol. The van der Waals surface area contributed by atoms with Crippen LogP contribution in [0, 0.1) is 0 Å². The standard InChI is InChI=1S/C10H20N4O2S/c1-2-7-17(15,16)8-6-14-9-10(12-13-14)4-3-5-11/h9H,2-8,11H2,1H3. The lowest BCUT2D eigenvalue weighted by Gasteiger charge is -2.01.